The molecule has 0 bridgehead atoms. The summed E-state index contributed by atoms with van der Waals surface area (Å²) in [6.07, 6.45) is 3.62. The van der Waals surface area contributed by atoms with Crippen LogP contribution in [0, 0.1) is 18.3 Å². The normalized spacial score (nSPS) is 13.2. The molecule has 20 heavy (non-hydrogen) atoms. The van der Waals surface area contributed by atoms with E-state index in [9.17, 15) is 0 Å². The van der Waals surface area contributed by atoms with Crippen molar-refractivity contribution >= 4 is 5.82 Å². The third-order valence-electron chi connectivity index (χ3n) is 3.64. The van der Waals surface area contributed by atoms with Crippen molar-refractivity contribution in [2.24, 2.45) is 11.3 Å². The van der Waals surface area contributed by atoms with Crippen LogP contribution < -0.4 is 5.32 Å². The van der Waals surface area contributed by atoms with Crippen molar-refractivity contribution in [3.8, 4) is 5.95 Å². The van der Waals surface area contributed by atoms with Gasteiger partial charge in [-0.25, -0.2) is 14.6 Å². The predicted molar refractivity (Wildman–Crippen MR) is 81.0 cm³/mol. The van der Waals surface area contributed by atoms with Gasteiger partial charge in [0.1, 0.15) is 5.82 Å². The van der Waals surface area contributed by atoms with Crippen LogP contribution in [-0.4, -0.2) is 26.3 Å². The minimum absolute atomic E-state index is 0.287. The number of aromatic nitrogens is 4. The quantitative estimate of drug-likeness (QED) is 0.930. The van der Waals surface area contributed by atoms with E-state index < -0.39 is 0 Å². The molecule has 2 aromatic heterocycles. The van der Waals surface area contributed by atoms with Crippen LogP contribution in [0.2, 0.25) is 0 Å². The molecule has 5 heteroatoms. The molecule has 0 aliphatic rings. The summed E-state index contributed by atoms with van der Waals surface area (Å²) >= 11 is 0. The first kappa shape index (κ1) is 14.5. The molecule has 0 aromatic carbocycles. The average Bonchev–Trinajstić information content (AvgIpc) is 2.83. The Morgan fingerprint density at radius 2 is 2.05 bits per heavy atom. The highest BCUT2D eigenvalue weighted by Crippen LogP contribution is 2.25. The second kappa shape index (κ2) is 5.61. The molecule has 5 nitrogen and oxygen atoms in total. The highest BCUT2D eigenvalue weighted by Gasteiger charge is 2.19. The van der Waals surface area contributed by atoms with Gasteiger partial charge in [0.05, 0.1) is 0 Å². The minimum Gasteiger partial charge on any atom is -0.368 e. The van der Waals surface area contributed by atoms with Gasteiger partial charge in [0, 0.05) is 30.7 Å². The molecule has 0 fully saturated rings. The van der Waals surface area contributed by atoms with E-state index in [2.05, 4.69) is 48.1 Å². The molecule has 0 saturated heterocycles. The van der Waals surface area contributed by atoms with Crippen molar-refractivity contribution in [2.75, 3.05) is 11.9 Å². The maximum Gasteiger partial charge on any atom is 0.250 e. The van der Waals surface area contributed by atoms with Crippen LogP contribution >= 0.6 is 0 Å². The maximum absolute atomic E-state index is 4.46. The number of nitrogens with one attached hydrogen (secondary N) is 1. The average molecular weight is 273 g/mol. The SMILES string of the molecule is Cc1ccnc(-n2ccc(NCC(C)C(C)(C)C)n2)n1. The van der Waals surface area contributed by atoms with Gasteiger partial charge < -0.3 is 5.32 Å². The van der Waals surface area contributed by atoms with Gasteiger partial charge in [0.25, 0.3) is 5.95 Å². The Morgan fingerprint density at radius 1 is 1.30 bits per heavy atom. The van der Waals surface area contributed by atoms with Crippen LogP contribution in [0.5, 0.6) is 0 Å². The maximum atomic E-state index is 4.46. The molecule has 2 rings (SSSR count). The van der Waals surface area contributed by atoms with Crippen LogP contribution in [0.3, 0.4) is 0 Å². The van der Waals surface area contributed by atoms with E-state index in [4.69, 9.17) is 0 Å². The molecule has 1 unspecified atom stereocenters. The topological polar surface area (TPSA) is 55.6 Å². The zero-order chi connectivity index (χ0) is 14.8. The van der Waals surface area contributed by atoms with Gasteiger partial charge in [-0.2, -0.15) is 0 Å². The molecule has 108 valence electrons. The predicted octanol–water partition coefficient (Wildman–Crippen LogP) is 3.06. The number of rotatable bonds is 4. The van der Waals surface area contributed by atoms with Gasteiger partial charge in [-0.1, -0.05) is 27.7 Å². The lowest BCUT2D eigenvalue weighted by atomic mass is 9.82. The Hall–Kier alpha value is -1.91. The first-order chi connectivity index (χ1) is 9.36. The zero-order valence-corrected chi connectivity index (χ0v) is 12.9. The summed E-state index contributed by atoms with van der Waals surface area (Å²) in [4.78, 5) is 8.57. The van der Waals surface area contributed by atoms with E-state index in [1.807, 2.05) is 25.3 Å². The zero-order valence-electron chi connectivity index (χ0n) is 12.9. The molecule has 0 amide bonds. The molecular formula is C15H23N5. The molecule has 0 aliphatic carbocycles. The lowest BCUT2D eigenvalue weighted by molar-refractivity contribution is 0.274. The lowest BCUT2D eigenvalue weighted by Gasteiger charge is -2.27. The molecule has 2 aromatic rings. The molecule has 2 heterocycles. The first-order valence-electron chi connectivity index (χ1n) is 6.96. The van der Waals surface area contributed by atoms with Gasteiger partial charge in [-0.05, 0) is 24.3 Å². The van der Waals surface area contributed by atoms with Gasteiger partial charge in [0.2, 0.25) is 0 Å². The summed E-state index contributed by atoms with van der Waals surface area (Å²) < 4.78 is 1.69. The van der Waals surface area contributed by atoms with Crippen LogP contribution in [-0.2, 0) is 0 Å². The van der Waals surface area contributed by atoms with Crippen molar-refractivity contribution in [1.82, 2.24) is 19.7 Å². The van der Waals surface area contributed by atoms with Crippen LogP contribution in [0.4, 0.5) is 5.82 Å². The van der Waals surface area contributed by atoms with Crippen molar-refractivity contribution in [1.29, 1.82) is 0 Å². The summed E-state index contributed by atoms with van der Waals surface area (Å²) in [6.45, 7) is 11.8. The fraction of sp³-hybridized carbons (Fsp3) is 0.533. The van der Waals surface area contributed by atoms with Gasteiger partial charge in [-0.3, -0.25) is 0 Å². The van der Waals surface area contributed by atoms with E-state index >= 15 is 0 Å². The third-order valence-corrected chi connectivity index (χ3v) is 3.64. The summed E-state index contributed by atoms with van der Waals surface area (Å²) in [6, 6.07) is 3.82. The Morgan fingerprint density at radius 3 is 2.70 bits per heavy atom. The van der Waals surface area contributed by atoms with Gasteiger partial charge >= 0.3 is 0 Å². The van der Waals surface area contributed by atoms with Crippen molar-refractivity contribution in [2.45, 2.75) is 34.6 Å². The Balaban J connectivity index is 2.03. The van der Waals surface area contributed by atoms with Crippen molar-refractivity contribution < 1.29 is 0 Å². The molecule has 1 atom stereocenters. The summed E-state index contributed by atoms with van der Waals surface area (Å²) in [5, 5.41) is 7.82. The van der Waals surface area contributed by atoms with Crippen LogP contribution in [0.25, 0.3) is 5.95 Å². The Kier molecular flexibility index (Phi) is 4.06. The number of aryl methyl sites for hydroxylation is 1. The second-order valence-electron chi connectivity index (χ2n) is 6.29. The molecule has 0 saturated carbocycles. The number of nitrogens with zero attached hydrogens (tertiary/aromatic N) is 4. The minimum atomic E-state index is 0.287. The molecule has 1 N–H and O–H groups in total. The Labute approximate surface area is 120 Å². The molecule has 0 aliphatic heterocycles. The van der Waals surface area contributed by atoms with Crippen molar-refractivity contribution in [3.05, 3.63) is 30.2 Å². The lowest BCUT2D eigenvalue weighted by Crippen LogP contribution is -2.24. The summed E-state index contributed by atoms with van der Waals surface area (Å²) in [7, 11) is 0. The van der Waals surface area contributed by atoms with Crippen molar-refractivity contribution in [3.63, 3.8) is 0 Å². The smallest absolute Gasteiger partial charge is 0.250 e. The molecular weight excluding hydrogens is 250 g/mol. The standard InChI is InChI=1S/C15H23N5/c1-11(15(3,4)5)10-17-13-7-9-20(19-13)14-16-8-6-12(2)18-14/h6-9,11H,10H2,1-5H3,(H,17,19). The van der Waals surface area contributed by atoms with E-state index in [-0.39, 0.29) is 5.41 Å². The first-order valence-corrected chi connectivity index (χ1v) is 6.96. The van der Waals surface area contributed by atoms with E-state index in [0.717, 1.165) is 18.1 Å². The Bertz CT molecular complexity index is 568. The molecule has 0 spiro atoms. The fourth-order valence-corrected chi connectivity index (χ4v) is 1.64. The van der Waals surface area contributed by atoms with Crippen LogP contribution in [0.1, 0.15) is 33.4 Å². The van der Waals surface area contributed by atoms with Gasteiger partial charge in [-0.15, -0.1) is 5.10 Å². The van der Waals surface area contributed by atoms with Crippen LogP contribution in [0.15, 0.2) is 24.5 Å². The van der Waals surface area contributed by atoms with E-state index in [0.29, 0.717) is 11.9 Å². The largest absolute Gasteiger partial charge is 0.368 e. The summed E-state index contributed by atoms with van der Waals surface area (Å²) in [5.74, 6) is 2.01. The molecule has 0 radical (unpaired) electrons. The monoisotopic (exact) mass is 273 g/mol. The fourth-order valence-electron chi connectivity index (χ4n) is 1.64. The summed E-state index contributed by atoms with van der Waals surface area (Å²) in [5.41, 5.74) is 1.22. The number of hydrogen-bond acceptors (Lipinski definition) is 4. The second-order valence-corrected chi connectivity index (χ2v) is 6.29. The third kappa shape index (κ3) is 3.56. The van der Waals surface area contributed by atoms with E-state index in [1.165, 1.54) is 0 Å². The number of hydrogen-bond donors (Lipinski definition) is 1. The highest BCUT2D eigenvalue weighted by molar-refractivity contribution is 5.34. The highest BCUT2D eigenvalue weighted by atomic mass is 15.4. The number of anilines is 1. The van der Waals surface area contributed by atoms with E-state index in [1.54, 1.807) is 10.9 Å². The van der Waals surface area contributed by atoms with Gasteiger partial charge in [0.15, 0.2) is 0 Å².